The number of Topliss-reactive ketones (excluding diaryl/α,β-unsaturated/α-hetero) is 1. The van der Waals surface area contributed by atoms with Crippen LogP contribution < -0.4 is 5.73 Å². The van der Waals surface area contributed by atoms with Crippen LogP contribution in [0.3, 0.4) is 0 Å². The number of carbonyl (C=O) groups excluding carboxylic acids is 1. The standard InChI is InChI=1S/C13H19NO3S/c1-18(16,17)10-9-12(14)13(15)8-7-11-5-3-2-4-6-11/h2-6,12H,7-10,14H2,1H3. The molecule has 0 aliphatic carbocycles. The summed E-state index contributed by atoms with van der Waals surface area (Å²) in [6.07, 6.45) is 2.35. The van der Waals surface area contributed by atoms with Gasteiger partial charge in [-0.3, -0.25) is 4.79 Å². The molecule has 1 rings (SSSR count). The molecule has 0 bridgehead atoms. The molecule has 1 aromatic carbocycles. The average Bonchev–Trinajstić information content (AvgIpc) is 2.33. The first kappa shape index (κ1) is 14.9. The fourth-order valence-electron chi connectivity index (χ4n) is 1.60. The van der Waals surface area contributed by atoms with Crippen molar-refractivity contribution in [2.24, 2.45) is 5.73 Å². The zero-order valence-electron chi connectivity index (χ0n) is 10.5. The number of ketones is 1. The van der Waals surface area contributed by atoms with E-state index in [-0.39, 0.29) is 18.0 Å². The quantitative estimate of drug-likeness (QED) is 0.799. The van der Waals surface area contributed by atoms with Crippen LogP contribution in [-0.2, 0) is 21.1 Å². The second kappa shape index (κ2) is 6.66. The summed E-state index contributed by atoms with van der Waals surface area (Å²) in [5.74, 6) is -0.117. The van der Waals surface area contributed by atoms with Gasteiger partial charge >= 0.3 is 0 Å². The van der Waals surface area contributed by atoms with E-state index in [1.165, 1.54) is 0 Å². The van der Waals surface area contributed by atoms with Gasteiger partial charge in [0.05, 0.1) is 11.8 Å². The largest absolute Gasteiger partial charge is 0.321 e. The van der Waals surface area contributed by atoms with Crippen LogP contribution in [0, 0.1) is 0 Å². The Bertz CT molecular complexity index is 482. The van der Waals surface area contributed by atoms with E-state index in [0.29, 0.717) is 12.8 Å². The summed E-state index contributed by atoms with van der Waals surface area (Å²) < 4.78 is 21.9. The van der Waals surface area contributed by atoms with Crippen LogP contribution in [0.1, 0.15) is 18.4 Å². The maximum atomic E-state index is 11.7. The topological polar surface area (TPSA) is 77.2 Å². The molecular weight excluding hydrogens is 250 g/mol. The number of hydrogen-bond donors (Lipinski definition) is 1. The van der Waals surface area contributed by atoms with Gasteiger partial charge in [0.15, 0.2) is 0 Å². The van der Waals surface area contributed by atoms with Gasteiger partial charge in [0.2, 0.25) is 0 Å². The molecule has 1 unspecified atom stereocenters. The highest BCUT2D eigenvalue weighted by molar-refractivity contribution is 7.90. The van der Waals surface area contributed by atoms with Crippen LogP contribution in [0.25, 0.3) is 0 Å². The molecular formula is C13H19NO3S. The molecule has 100 valence electrons. The van der Waals surface area contributed by atoms with E-state index in [0.717, 1.165) is 11.8 Å². The Morgan fingerprint density at radius 1 is 1.28 bits per heavy atom. The first-order valence-electron chi connectivity index (χ1n) is 5.88. The predicted octanol–water partition coefficient (Wildman–Crippen LogP) is 0.950. The first-order chi connectivity index (χ1) is 8.38. The highest BCUT2D eigenvalue weighted by Crippen LogP contribution is 2.05. The van der Waals surface area contributed by atoms with Gasteiger partial charge in [0, 0.05) is 12.7 Å². The molecule has 0 amide bonds. The lowest BCUT2D eigenvalue weighted by atomic mass is 10.0. The lowest BCUT2D eigenvalue weighted by Crippen LogP contribution is -2.32. The molecule has 1 aromatic rings. The Morgan fingerprint density at radius 3 is 2.44 bits per heavy atom. The third-order valence-corrected chi connectivity index (χ3v) is 3.69. The zero-order chi connectivity index (χ0) is 13.6. The zero-order valence-corrected chi connectivity index (χ0v) is 11.3. The van der Waals surface area contributed by atoms with Crippen LogP contribution in [0.15, 0.2) is 30.3 Å². The summed E-state index contributed by atoms with van der Waals surface area (Å²) >= 11 is 0. The van der Waals surface area contributed by atoms with Gasteiger partial charge in [0.25, 0.3) is 0 Å². The summed E-state index contributed by atoms with van der Waals surface area (Å²) in [5, 5.41) is 0. The van der Waals surface area contributed by atoms with Crippen molar-refractivity contribution in [2.75, 3.05) is 12.0 Å². The fourth-order valence-corrected chi connectivity index (χ4v) is 2.28. The van der Waals surface area contributed by atoms with Crippen molar-refractivity contribution >= 4 is 15.6 Å². The molecule has 4 nitrogen and oxygen atoms in total. The number of benzene rings is 1. The van der Waals surface area contributed by atoms with E-state index in [1.807, 2.05) is 30.3 Å². The molecule has 0 aromatic heterocycles. The summed E-state index contributed by atoms with van der Waals surface area (Å²) in [4.78, 5) is 11.7. The minimum absolute atomic E-state index is 0.0365. The SMILES string of the molecule is CS(=O)(=O)CCC(N)C(=O)CCc1ccccc1. The summed E-state index contributed by atoms with van der Waals surface area (Å²) in [6, 6.07) is 8.99. The molecule has 18 heavy (non-hydrogen) atoms. The number of rotatable bonds is 7. The van der Waals surface area contributed by atoms with Crippen molar-refractivity contribution in [2.45, 2.75) is 25.3 Å². The monoisotopic (exact) mass is 269 g/mol. The minimum Gasteiger partial charge on any atom is -0.321 e. The lowest BCUT2D eigenvalue weighted by molar-refractivity contribution is -0.120. The number of nitrogens with two attached hydrogens (primary N) is 1. The van der Waals surface area contributed by atoms with Gasteiger partial charge < -0.3 is 5.73 Å². The number of aryl methyl sites for hydroxylation is 1. The van der Waals surface area contributed by atoms with Crippen molar-refractivity contribution in [3.8, 4) is 0 Å². The second-order valence-corrected chi connectivity index (χ2v) is 6.74. The molecule has 0 radical (unpaired) electrons. The number of sulfone groups is 1. The van der Waals surface area contributed by atoms with Crippen LogP contribution >= 0.6 is 0 Å². The molecule has 0 heterocycles. The van der Waals surface area contributed by atoms with E-state index in [4.69, 9.17) is 5.73 Å². The van der Waals surface area contributed by atoms with E-state index in [9.17, 15) is 13.2 Å². The summed E-state index contributed by atoms with van der Waals surface area (Å²) in [7, 11) is -3.05. The fraction of sp³-hybridized carbons (Fsp3) is 0.462. The van der Waals surface area contributed by atoms with Gasteiger partial charge in [0.1, 0.15) is 15.6 Å². The Balaban J connectivity index is 2.37. The molecule has 5 heteroatoms. The van der Waals surface area contributed by atoms with E-state index in [1.54, 1.807) is 0 Å². The Kier molecular flexibility index (Phi) is 5.50. The summed E-state index contributed by atoms with van der Waals surface area (Å²) in [5.41, 5.74) is 6.76. The van der Waals surface area contributed by atoms with Crippen LogP contribution in [0.5, 0.6) is 0 Å². The predicted molar refractivity (Wildman–Crippen MR) is 72.1 cm³/mol. The minimum atomic E-state index is -3.05. The second-order valence-electron chi connectivity index (χ2n) is 4.48. The summed E-state index contributed by atoms with van der Waals surface area (Å²) in [6.45, 7) is 0. The molecule has 0 saturated carbocycles. The highest BCUT2D eigenvalue weighted by Gasteiger charge is 2.15. The molecule has 0 aliphatic heterocycles. The molecule has 2 N–H and O–H groups in total. The van der Waals surface area contributed by atoms with E-state index in [2.05, 4.69) is 0 Å². The van der Waals surface area contributed by atoms with Gasteiger partial charge in [-0.25, -0.2) is 8.42 Å². The van der Waals surface area contributed by atoms with Gasteiger partial charge in [-0.05, 0) is 18.4 Å². The maximum Gasteiger partial charge on any atom is 0.149 e. The normalized spacial score (nSPS) is 13.2. The van der Waals surface area contributed by atoms with Gasteiger partial charge in [-0.1, -0.05) is 30.3 Å². The molecule has 0 spiro atoms. The van der Waals surface area contributed by atoms with Crippen LogP contribution in [0.4, 0.5) is 0 Å². The molecule has 1 atom stereocenters. The smallest absolute Gasteiger partial charge is 0.149 e. The lowest BCUT2D eigenvalue weighted by Gasteiger charge is -2.09. The molecule has 0 fully saturated rings. The van der Waals surface area contributed by atoms with Crippen molar-refractivity contribution in [3.63, 3.8) is 0 Å². The highest BCUT2D eigenvalue weighted by atomic mass is 32.2. The molecule has 0 aliphatic rings. The number of hydrogen-bond acceptors (Lipinski definition) is 4. The van der Waals surface area contributed by atoms with Crippen LogP contribution in [-0.4, -0.2) is 32.3 Å². The van der Waals surface area contributed by atoms with Gasteiger partial charge in [-0.2, -0.15) is 0 Å². The average molecular weight is 269 g/mol. The Labute approximate surface area is 108 Å². The van der Waals surface area contributed by atoms with Gasteiger partial charge in [-0.15, -0.1) is 0 Å². The Morgan fingerprint density at radius 2 is 1.89 bits per heavy atom. The van der Waals surface area contributed by atoms with Crippen LogP contribution in [0.2, 0.25) is 0 Å². The third kappa shape index (κ3) is 5.93. The maximum absolute atomic E-state index is 11.7. The van der Waals surface area contributed by atoms with Crippen molar-refractivity contribution < 1.29 is 13.2 Å². The molecule has 0 saturated heterocycles. The number of carbonyl (C=O) groups is 1. The van der Waals surface area contributed by atoms with Crippen molar-refractivity contribution in [1.82, 2.24) is 0 Å². The van der Waals surface area contributed by atoms with E-state index >= 15 is 0 Å². The van der Waals surface area contributed by atoms with Crippen molar-refractivity contribution in [1.29, 1.82) is 0 Å². The Hall–Kier alpha value is -1.20. The van der Waals surface area contributed by atoms with Crippen molar-refractivity contribution in [3.05, 3.63) is 35.9 Å². The van der Waals surface area contributed by atoms with E-state index < -0.39 is 15.9 Å². The first-order valence-corrected chi connectivity index (χ1v) is 7.94. The third-order valence-electron chi connectivity index (χ3n) is 2.72.